The molecule has 72 valence electrons. The first-order valence-corrected chi connectivity index (χ1v) is 5.11. The summed E-state index contributed by atoms with van der Waals surface area (Å²) in [6.07, 6.45) is 5.50. The van der Waals surface area contributed by atoms with E-state index in [0.29, 0.717) is 0 Å². The van der Waals surface area contributed by atoms with Crippen LogP contribution in [0.3, 0.4) is 0 Å². The Hall–Kier alpha value is -0.0800. The summed E-state index contributed by atoms with van der Waals surface area (Å²) < 4.78 is 0. The average molecular weight is 172 g/mol. The van der Waals surface area contributed by atoms with Gasteiger partial charge in [-0.3, -0.25) is 0 Å². The molecule has 0 aliphatic heterocycles. The second-order valence-corrected chi connectivity index (χ2v) is 3.87. The maximum atomic E-state index is 9.61. The van der Waals surface area contributed by atoms with Gasteiger partial charge in [-0.2, -0.15) is 0 Å². The zero-order valence-electron chi connectivity index (χ0n) is 7.87. The number of unbranched alkanes of at least 4 members (excludes halogenated alkanes) is 1. The van der Waals surface area contributed by atoms with E-state index in [2.05, 4.69) is 6.92 Å². The zero-order chi connectivity index (χ0) is 8.97. The standard InChI is InChI=1S/C10H20O2/c1-2-3-5-8-9(11)6-4-7-10(8)12/h8-12H,2-7H2,1H3. The van der Waals surface area contributed by atoms with Gasteiger partial charge in [0.2, 0.25) is 0 Å². The molecule has 0 aromatic rings. The molecule has 0 amide bonds. The van der Waals surface area contributed by atoms with Crippen LogP contribution in [-0.2, 0) is 0 Å². The lowest BCUT2D eigenvalue weighted by Crippen LogP contribution is -2.35. The zero-order valence-corrected chi connectivity index (χ0v) is 7.87. The number of aliphatic hydroxyl groups excluding tert-OH is 2. The highest BCUT2D eigenvalue weighted by atomic mass is 16.3. The van der Waals surface area contributed by atoms with Gasteiger partial charge >= 0.3 is 0 Å². The first-order chi connectivity index (χ1) is 5.75. The lowest BCUT2D eigenvalue weighted by atomic mass is 9.81. The molecule has 1 rings (SSSR count). The Bertz CT molecular complexity index is 115. The molecule has 0 bridgehead atoms. The molecule has 2 atom stereocenters. The summed E-state index contributed by atoms with van der Waals surface area (Å²) in [5.74, 6) is 0.152. The minimum atomic E-state index is -0.250. The van der Waals surface area contributed by atoms with E-state index in [1.807, 2.05) is 0 Å². The van der Waals surface area contributed by atoms with Crippen LogP contribution in [-0.4, -0.2) is 22.4 Å². The summed E-state index contributed by atoms with van der Waals surface area (Å²) in [5, 5.41) is 19.2. The van der Waals surface area contributed by atoms with Gasteiger partial charge in [-0.1, -0.05) is 19.8 Å². The van der Waals surface area contributed by atoms with Crippen LogP contribution in [0.4, 0.5) is 0 Å². The van der Waals surface area contributed by atoms with Crippen molar-refractivity contribution >= 4 is 0 Å². The minimum absolute atomic E-state index is 0.152. The summed E-state index contributed by atoms with van der Waals surface area (Å²) in [7, 11) is 0. The number of hydrogen-bond acceptors (Lipinski definition) is 2. The Kier molecular flexibility index (Phi) is 4.02. The van der Waals surface area contributed by atoms with E-state index < -0.39 is 0 Å². The first kappa shape index (κ1) is 10.0. The molecular formula is C10H20O2. The van der Waals surface area contributed by atoms with E-state index >= 15 is 0 Å². The molecule has 1 aliphatic carbocycles. The Morgan fingerprint density at radius 2 is 1.75 bits per heavy atom. The number of rotatable bonds is 3. The fourth-order valence-electron chi connectivity index (χ4n) is 2.05. The highest BCUT2D eigenvalue weighted by Crippen LogP contribution is 2.28. The van der Waals surface area contributed by atoms with Crippen LogP contribution in [0.15, 0.2) is 0 Å². The largest absolute Gasteiger partial charge is 0.393 e. The lowest BCUT2D eigenvalue weighted by Gasteiger charge is -2.32. The van der Waals surface area contributed by atoms with E-state index in [1.165, 1.54) is 0 Å². The fraction of sp³-hybridized carbons (Fsp3) is 1.00. The molecule has 0 saturated heterocycles. The Morgan fingerprint density at radius 3 is 2.25 bits per heavy atom. The lowest BCUT2D eigenvalue weighted by molar-refractivity contribution is -0.0276. The van der Waals surface area contributed by atoms with Crippen LogP contribution in [0, 0.1) is 5.92 Å². The minimum Gasteiger partial charge on any atom is -0.393 e. The monoisotopic (exact) mass is 172 g/mol. The van der Waals surface area contributed by atoms with E-state index in [-0.39, 0.29) is 18.1 Å². The van der Waals surface area contributed by atoms with Crippen molar-refractivity contribution in [1.29, 1.82) is 0 Å². The van der Waals surface area contributed by atoms with Crippen molar-refractivity contribution in [3.05, 3.63) is 0 Å². The summed E-state index contributed by atoms with van der Waals surface area (Å²) in [6, 6.07) is 0. The van der Waals surface area contributed by atoms with Gasteiger partial charge in [-0.05, 0) is 25.7 Å². The smallest absolute Gasteiger partial charge is 0.0593 e. The second kappa shape index (κ2) is 4.83. The van der Waals surface area contributed by atoms with Gasteiger partial charge in [0.15, 0.2) is 0 Å². The van der Waals surface area contributed by atoms with Gasteiger partial charge < -0.3 is 10.2 Å². The first-order valence-electron chi connectivity index (χ1n) is 5.11. The van der Waals surface area contributed by atoms with E-state index in [9.17, 15) is 10.2 Å². The van der Waals surface area contributed by atoms with Crippen molar-refractivity contribution in [3.63, 3.8) is 0 Å². The summed E-state index contributed by atoms with van der Waals surface area (Å²) >= 11 is 0. The summed E-state index contributed by atoms with van der Waals surface area (Å²) in [4.78, 5) is 0. The van der Waals surface area contributed by atoms with Gasteiger partial charge in [-0.15, -0.1) is 0 Å². The third kappa shape index (κ3) is 2.46. The maximum absolute atomic E-state index is 9.61. The van der Waals surface area contributed by atoms with Crippen LogP contribution >= 0.6 is 0 Å². The van der Waals surface area contributed by atoms with E-state index in [1.54, 1.807) is 0 Å². The molecule has 2 heteroatoms. The van der Waals surface area contributed by atoms with Crippen molar-refractivity contribution in [3.8, 4) is 0 Å². The van der Waals surface area contributed by atoms with E-state index in [4.69, 9.17) is 0 Å². The quantitative estimate of drug-likeness (QED) is 0.680. The van der Waals surface area contributed by atoms with Gasteiger partial charge in [0, 0.05) is 5.92 Å². The molecule has 1 saturated carbocycles. The van der Waals surface area contributed by atoms with Crippen LogP contribution in [0.25, 0.3) is 0 Å². The molecule has 2 nitrogen and oxygen atoms in total. The molecule has 2 N–H and O–H groups in total. The predicted octanol–water partition coefficient (Wildman–Crippen LogP) is 1.70. The maximum Gasteiger partial charge on any atom is 0.0593 e. The van der Waals surface area contributed by atoms with E-state index in [0.717, 1.165) is 38.5 Å². The molecule has 0 spiro atoms. The van der Waals surface area contributed by atoms with Crippen LogP contribution in [0.5, 0.6) is 0 Å². The van der Waals surface area contributed by atoms with Gasteiger partial charge in [0.1, 0.15) is 0 Å². The Balaban J connectivity index is 2.34. The summed E-state index contributed by atoms with van der Waals surface area (Å²) in [5.41, 5.74) is 0. The van der Waals surface area contributed by atoms with Crippen molar-refractivity contribution in [2.45, 2.75) is 57.7 Å². The molecule has 2 unspecified atom stereocenters. The van der Waals surface area contributed by atoms with Gasteiger partial charge in [0.25, 0.3) is 0 Å². The van der Waals surface area contributed by atoms with Crippen molar-refractivity contribution in [1.82, 2.24) is 0 Å². The van der Waals surface area contributed by atoms with Crippen molar-refractivity contribution < 1.29 is 10.2 Å². The molecule has 0 radical (unpaired) electrons. The van der Waals surface area contributed by atoms with Crippen molar-refractivity contribution in [2.75, 3.05) is 0 Å². The average Bonchev–Trinajstić information content (AvgIpc) is 2.04. The molecule has 0 heterocycles. The highest BCUT2D eigenvalue weighted by Gasteiger charge is 2.29. The normalized spacial score (nSPS) is 36.8. The predicted molar refractivity (Wildman–Crippen MR) is 48.9 cm³/mol. The topological polar surface area (TPSA) is 40.5 Å². The molecule has 1 aliphatic rings. The Labute approximate surface area is 74.6 Å². The third-order valence-electron chi connectivity index (χ3n) is 2.88. The van der Waals surface area contributed by atoms with Crippen molar-refractivity contribution in [2.24, 2.45) is 5.92 Å². The highest BCUT2D eigenvalue weighted by molar-refractivity contribution is 4.81. The molecule has 0 aromatic heterocycles. The molecule has 0 aromatic carbocycles. The molecular weight excluding hydrogens is 152 g/mol. The van der Waals surface area contributed by atoms with Gasteiger partial charge in [-0.25, -0.2) is 0 Å². The Morgan fingerprint density at radius 1 is 1.17 bits per heavy atom. The second-order valence-electron chi connectivity index (χ2n) is 3.87. The number of aliphatic hydroxyl groups is 2. The van der Waals surface area contributed by atoms with Crippen LogP contribution in [0.2, 0.25) is 0 Å². The summed E-state index contributed by atoms with van der Waals surface area (Å²) in [6.45, 7) is 2.14. The molecule has 1 fully saturated rings. The van der Waals surface area contributed by atoms with Crippen LogP contribution in [0.1, 0.15) is 45.4 Å². The number of hydrogen-bond donors (Lipinski definition) is 2. The third-order valence-corrected chi connectivity index (χ3v) is 2.88. The SMILES string of the molecule is CCCCC1C(O)CCCC1O. The van der Waals surface area contributed by atoms with Gasteiger partial charge in [0.05, 0.1) is 12.2 Å². The fourth-order valence-corrected chi connectivity index (χ4v) is 2.05. The molecule has 12 heavy (non-hydrogen) atoms. The van der Waals surface area contributed by atoms with Crippen LogP contribution < -0.4 is 0 Å².